The number of pyridine rings is 1. The average Bonchev–Trinajstić information content (AvgIpc) is 2.07. The Morgan fingerprint density at radius 1 is 1.55 bits per heavy atom. The van der Waals surface area contributed by atoms with Crippen LogP contribution in [0, 0.1) is 0 Å². The Morgan fingerprint density at radius 2 is 2.45 bits per heavy atom. The molecule has 0 amide bonds. The zero-order valence-electron chi connectivity index (χ0n) is 6.06. The van der Waals surface area contributed by atoms with Crippen molar-refractivity contribution in [2.75, 3.05) is 6.61 Å². The first-order valence-corrected chi connectivity index (χ1v) is 3.35. The van der Waals surface area contributed by atoms with Crippen molar-refractivity contribution in [1.82, 2.24) is 4.98 Å². The summed E-state index contributed by atoms with van der Waals surface area (Å²) in [6, 6.07) is 5.57. The second-order valence-corrected chi connectivity index (χ2v) is 2.00. The molecule has 0 bridgehead atoms. The van der Waals surface area contributed by atoms with Gasteiger partial charge in [-0.15, -0.1) is 0 Å². The lowest BCUT2D eigenvalue weighted by molar-refractivity contribution is -0.112. The molecular formula is C8H9NO2. The van der Waals surface area contributed by atoms with E-state index in [0.717, 1.165) is 12.0 Å². The van der Waals surface area contributed by atoms with Crippen LogP contribution in [0.3, 0.4) is 0 Å². The molecular weight excluding hydrogens is 142 g/mol. The number of hydrogen-bond donors (Lipinski definition) is 0. The van der Waals surface area contributed by atoms with E-state index >= 15 is 0 Å². The molecule has 0 radical (unpaired) electrons. The summed E-state index contributed by atoms with van der Waals surface area (Å²) >= 11 is 0. The molecule has 0 aliphatic carbocycles. The molecule has 1 aromatic rings. The van der Waals surface area contributed by atoms with Gasteiger partial charge in [0.2, 0.25) is 0 Å². The van der Waals surface area contributed by atoms with Crippen molar-refractivity contribution >= 4 is 6.29 Å². The maximum absolute atomic E-state index is 9.85. The van der Waals surface area contributed by atoms with E-state index in [-0.39, 0.29) is 6.61 Å². The zero-order chi connectivity index (χ0) is 7.94. The fraction of sp³-hybridized carbons (Fsp3) is 0.250. The standard InChI is InChI=1S/C8H9NO2/c10-5-6-11-7-8-3-1-2-4-9-8/h1-5H,6-7H2. The average molecular weight is 151 g/mol. The molecule has 3 heteroatoms. The van der Waals surface area contributed by atoms with Gasteiger partial charge in [-0.1, -0.05) is 6.07 Å². The Hall–Kier alpha value is -1.22. The Kier molecular flexibility index (Phi) is 3.28. The first-order valence-electron chi connectivity index (χ1n) is 3.35. The molecule has 1 rings (SSSR count). The summed E-state index contributed by atoms with van der Waals surface area (Å²) in [5.74, 6) is 0. The largest absolute Gasteiger partial charge is 0.368 e. The Morgan fingerprint density at radius 3 is 3.09 bits per heavy atom. The SMILES string of the molecule is O=CCOCc1ccccn1. The lowest BCUT2D eigenvalue weighted by Crippen LogP contribution is -1.97. The number of aromatic nitrogens is 1. The highest BCUT2D eigenvalue weighted by Crippen LogP contribution is 1.94. The number of ether oxygens (including phenoxy) is 1. The van der Waals surface area contributed by atoms with Crippen LogP contribution in [0.25, 0.3) is 0 Å². The molecule has 1 heterocycles. The molecule has 0 unspecified atom stereocenters. The number of carbonyl (C=O) groups is 1. The van der Waals surface area contributed by atoms with Crippen molar-refractivity contribution in [2.45, 2.75) is 6.61 Å². The second kappa shape index (κ2) is 4.57. The molecule has 0 aromatic carbocycles. The van der Waals surface area contributed by atoms with Gasteiger partial charge in [0, 0.05) is 6.20 Å². The van der Waals surface area contributed by atoms with Gasteiger partial charge in [0.25, 0.3) is 0 Å². The van der Waals surface area contributed by atoms with Gasteiger partial charge < -0.3 is 9.53 Å². The van der Waals surface area contributed by atoms with Gasteiger partial charge in [-0.05, 0) is 12.1 Å². The van der Waals surface area contributed by atoms with Crippen LogP contribution >= 0.6 is 0 Å². The van der Waals surface area contributed by atoms with Gasteiger partial charge in [0.05, 0.1) is 12.3 Å². The fourth-order valence-electron chi connectivity index (χ4n) is 0.695. The molecule has 0 atom stereocenters. The first-order chi connectivity index (χ1) is 5.43. The van der Waals surface area contributed by atoms with E-state index in [1.807, 2.05) is 18.2 Å². The summed E-state index contributed by atoms with van der Waals surface area (Å²) in [5, 5.41) is 0. The maximum atomic E-state index is 9.85. The van der Waals surface area contributed by atoms with Gasteiger partial charge in [0.1, 0.15) is 12.9 Å². The molecule has 1 aromatic heterocycles. The van der Waals surface area contributed by atoms with Crippen molar-refractivity contribution in [3.05, 3.63) is 30.1 Å². The Labute approximate surface area is 65.0 Å². The van der Waals surface area contributed by atoms with Gasteiger partial charge in [-0.3, -0.25) is 4.98 Å². The molecule has 0 aliphatic heterocycles. The highest BCUT2D eigenvalue weighted by Gasteiger charge is 1.90. The van der Waals surface area contributed by atoms with E-state index < -0.39 is 0 Å². The monoisotopic (exact) mass is 151 g/mol. The molecule has 0 N–H and O–H groups in total. The first kappa shape index (κ1) is 7.88. The Balaban J connectivity index is 2.33. The summed E-state index contributed by atoms with van der Waals surface area (Å²) in [7, 11) is 0. The quantitative estimate of drug-likeness (QED) is 0.472. The summed E-state index contributed by atoms with van der Waals surface area (Å²) < 4.78 is 4.94. The third kappa shape index (κ3) is 2.91. The van der Waals surface area contributed by atoms with E-state index in [4.69, 9.17) is 4.74 Å². The van der Waals surface area contributed by atoms with E-state index in [0.29, 0.717) is 6.61 Å². The van der Waals surface area contributed by atoms with Crippen LogP contribution in [0.4, 0.5) is 0 Å². The smallest absolute Gasteiger partial charge is 0.145 e. The van der Waals surface area contributed by atoms with Crippen LogP contribution in [0.15, 0.2) is 24.4 Å². The predicted octanol–water partition coefficient (Wildman–Crippen LogP) is 0.797. The molecule has 11 heavy (non-hydrogen) atoms. The third-order valence-corrected chi connectivity index (χ3v) is 1.16. The van der Waals surface area contributed by atoms with Gasteiger partial charge in [-0.25, -0.2) is 0 Å². The normalized spacial score (nSPS) is 9.45. The molecule has 0 saturated carbocycles. The zero-order valence-corrected chi connectivity index (χ0v) is 6.06. The van der Waals surface area contributed by atoms with Gasteiger partial charge in [-0.2, -0.15) is 0 Å². The van der Waals surface area contributed by atoms with Crippen LogP contribution in [-0.4, -0.2) is 17.9 Å². The number of rotatable bonds is 4. The number of nitrogens with zero attached hydrogens (tertiary/aromatic N) is 1. The van der Waals surface area contributed by atoms with Crippen LogP contribution in [0.1, 0.15) is 5.69 Å². The highest BCUT2D eigenvalue weighted by molar-refractivity contribution is 5.50. The summed E-state index contributed by atoms with van der Waals surface area (Å²) in [5.41, 5.74) is 0.842. The van der Waals surface area contributed by atoms with E-state index in [2.05, 4.69) is 4.98 Å². The minimum atomic E-state index is 0.135. The van der Waals surface area contributed by atoms with Crippen molar-refractivity contribution < 1.29 is 9.53 Å². The second-order valence-electron chi connectivity index (χ2n) is 2.00. The summed E-state index contributed by atoms with van der Waals surface area (Å²) in [6.45, 7) is 0.538. The van der Waals surface area contributed by atoms with Crippen LogP contribution in [0.5, 0.6) is 0 Å². The van der Waals surface area contributed by atoms with Crippen molar-refractivity contribution in [3.8, 4) is 0 Å². The van der Waals surface area contributed by atoms with Crippen molar-refractivity contribution in [2.24, 2.45) is 0 Å². The van der Waals surface area contributed by atoms with E-state index in [9.17, 15) is 4.79 Å². The molecule has 0 aliphatic rings. The van der Waals surface area contributed by atoms with Gasteiger partial charge >= 0.3 is 0 Å². The van der Waals surface area contributed by atoms with Crippen molar-refractivity contribution in [3.63, 3.8) is 0 Å². The fourth-order valence-corrected chi connectivity index (χ4v) is 0.695. The van der Waals surface area contributed by atoms with Crippen molar-refractivity contribution in [1.29, 1.82) is 0 Å². The van der Waals surface area contributed by atoms with Gasteiger partial charge in [0.15, 0.2) is 0 Å². The minimum absolute atomic E-state index is 0.135. The molecule has 58 valence electrons. The number of carbonyl (C=O) groups excluding carboxylic acids is 1. The van der Waals surface area contributed by atoms with Crippen LogP contribution in [-0.2, 0) is 16.1 Å². The predicted molar refractivity (Wildman–Crippen MR) is 40.0 cm³/mol. The van der Waals surface area contributed by atoms with Crippen LogP contribution in [0.2, 0.25) is 0 Å². The molecule has 0 fully saturated rings. The van der Waals surface area contributed by atoms with Crippen LogP contribution < -0.4 is 0 Å². The summed E-state index contributed by atoms with van der Waals surface area (Å²) in [4.78, 5) is 13.9. The van der Waals surface area contributed by atoms with E-state index in [1.165, 1.54) is 0 Å². The Bertz CT molecular complexity index is 211. The lowest BCUT2D eigenvalue weighted by Gasteiger charge is -1.97. The molecule has 0 saturated heterocycles. The minimum Gasteiger partial charge on any atom is -0.368 e. The number of hydrogen-bond acceptors (Lipinski definition) is 3. The highest BCUT2D eigenvalue weighted by atomic mass is 16.5. The topological polar surface area (TPSA) is 39.2 Å². The molecule has 3 nitrogen and oxygen atoms in total. The third-order valence-electron chi connectivity index (χ3n) is 1.16. The lowest BCUT2D eigenvalue weighted by atomic mass is 10.4. The number of aldehydes is 1. The summed E-state index contributed by atoms with van der Waals surface area (Å²) in [6.07, 6.45) is 2.42. The maximum Gasteiger partial charge on any atom is 0.145 e. The van der Waals surface area contributed by atoms with E-state index in [1.54, 1.807) is 6.20 Å². The molecule has 0 spiro atoms.